The molecule has 0 bridgehead atoms. The van der Waals surface area contributed by atoms with E-state index in [9.17, 15) is 4.79 Å². The van der Waals surface area contributed by atoms with Crippen LogP contribution in [0.2, 0.25) is 0 Å². The van der Waals surface area contributed by atoms with Crippen LogP contribution < -0.4 is 15.5 Å². The predicted molar refractivity (Wildman–Crippen MR) is 127 cm³/mol. The van der Waals surface area contributed by atoms with Gasteiger partial charge in [0.05, 0.1) is 11.2 Å². The number of hydrogen-bond acceptors (Lipinski definition) is 7. The lowest BCUT2D eigenvalue weighted by Gasteiger charge is -2.32. The van der Waals surface area contributed by atoms with E-state index in [0.29, 0.717) is 18.7 Å². The third-order valence-electron chi connectivity index (χ3n) is 5.67. The molecule has 0 saturated carbocycles. The summed E-state index contributed by atoms with van der Waals surface area (Å²) in [6.07, 6.45) is 1.73. The molecule has 0 unspecified atom stereocenters. The summed E-state index contributed by atoms with van der Waals surface area (Å²) < 4.78 is 23.7. The van der Waals surface area contributed by atoms with E-state index >= 15 is 0 Å². The zero-order valence-corrected chi connectivity index (χ0v) is 20.8. The van der Waals surface area contributed by atoms with E-state index in [0.717, 1.165) is 16.7 Å². The molecule has 0 atom stereocenters. The van der Waals surface area contributed by atoms with Crippen LogP contribution in [-0.2, 0) is 20.5 Å². The van der Waals surface area contributed by atoms with Crippen molar-refractivity contribution < 1.29 is 23.6 Å². The Hall–Kier alpha value is -2.65. The molecular formula is C24H34BN3O5. The molecule has 1 aliphatic heterocycles. The normalized spacial score (nSPS) is 17.0. The summed E-state index contributed by atoms with van der Waals surface area (Å²) in [5, 5.41) is 2.81. The minimum atomic E-state index is -0.556. The Morgan fingerprint density at radius 3 is 2.39 bits per heavy atom. The molecule has 1 amide bonds. The Bertz CT molecular complexity index is 988. The van der Waals surface area contributed by atoms with Crippen LogP contribution in [0.5, 0.6) is 11.8 Å². The number of carbonyl (C=O) groups is 1. The molecule has 0 spiro atoms. The number of alkyl carbamates (subject to hydrolysis) is 1. The second-order valence-electron chi connectivity index (χ2n) is 10.2. The van der Waals surface area contributed by atoms with Crippen LogP contribution in [0.3, 0.4) is 0 Å². The average Bonchev–Trinajstić information content (AvgIpc) is 2.87. The van der Waals surface area contributed by atoms with Gasteiger partial charge in [-0.1, -0.05) is 6.07 Å². The molecule has 1 fully saturated rings. The number of nitrogens with zero attached hydrogens (tertiary/aromatic N) is 2. The van der Waals surface area contributed by atoms with Crippen molar-refractivity contribution in [1.82, 2.24) is 15.3 Å². The van der Waals surface area contributed by atoms with Crippen LogP contribution in [0.15, 0.2) is 30.5 Å². The first-order valence-electron chi connectivity index (χ1n) is 11.2. The van der Waals surface area contributed by atoms with E-state index in [2.05, 4.69) is 15.3 Å². The fourth-order valence-corrected chi connectivity index (χ4v) is 3.26. The summed E-state index contributed by atoms with van der Waals surface area (Å²) in [5.41, 5.74) is 1.14. The molecule has 178 valence electrons. The number of amides is 1. The van der Waals surface area contributed by atoms with E-state index in [1.165, 1.54) is 0 Å². The zero-order chi connectivity index (χ0) is 24.4. The highest BCUT2D eigenvalue weighted by molar-refractivity contribution is 6.62. The van der Waals surface area contributed by atoms with E-state index in [-0.39, 0.29) is 6.01 Å². The number of rotatable bonds is 6. The maximum atomic E-state index is 12.1. The van der Waals surface area contributed by atoms with Gasteiger partial charge in [0.25, 0.3) is 0 Å². The van der Waals surface area contributed by atoms with Gasteiger partial charge in [-0.3, -0.25) is 0 Å². The van der Waals surface area contributed by atoms with Gasteiger partial charge >= 0.3 is 19.2 Å². The first kappa shape index (κ1) is 25.0. The molecule has 9 heteroatoms. The summed E-state index contributed by atoms with van der Waals surface area (Å²) in [6, 6.07) is 7.76. The van der Waals surface area contributed by atoms with Crippen molar-refractivity contribution in [2.24, 2.45) is 0 Å². The van der Waals surface area contributed by atoms with Gasteiger partial charge in [0.15, 0.2) is 0 Å². The SMILES string of the molecule is Cc1ccnc(Oc2ccc(B3OC(C)(C)C(C)(C)O3)c(CCNC(=O)OC(C)(C)C)c2)n1. The molecule has 8 nitrogen and oxygen atoms in total. The van der Waals surface area contributed by atoms with Gasteiger partial charge in [0.2, 0.25) is 0 Å². The molecule has 0 radical (unpaired) electrons. The average molecular weight is 455 g/mol. The summed E-state index contributed by atoms with van der Waals surface area (Å²) in [4.78, 5) is 20.5. The largest absolute Gasteiger partial charge is 0.495 e. The highest BCUT2D eigenvalue weighted by Gasteiger charge is 2.52. The van der Waals surface area contributed by atoms with E-state index in [1.807, 2.05) is 79.7 Å². The Balaban J connectivity index is 1.82. The number of ether oxygens (including phenoxy) is 2. The van der Waals surface area contributed by atoms with Crippen LogP contribution in [0, 0.1) is 6.92 Å². The molecule has 1 aromatic carbocycles. The maximum Gasteiger partial charge on any atom is 0.495 e. The highest BCUT2D eigenvalue weighted by Crippen LogP contribution is 2.37. The smallest absolute Gasteiger partial charge is 0.444 e. The number of nitrogens with one attached hydrogen (secondary N) is 1. The van der Waals surface area contributed by atoms with E-state index < -0.39 is 30.0 Å². The molecule has 1 saturated heterocycles. The van der Waals surface area contributed by atoms with Gasteiger partial charge in [-0.15, -0.1) is 0 Å². The second-order valence-corrected chi connectivity index (χ2v) is 10.2. The van der Waals surface area contributed by atoms with Crippen LogP contribution in [0.4, 0.5) is 4.79 Å². The summed E-state index contributed by atoms with van der Waals surface area (Å²) in [7, 11) is -0.532. The lowest BCUT2D eigenvalue weighted by Crippen LogP contribution is -2.41. The molecule has 2 aromatic rings. The standard InChI is InChI=1S/C24H34BN3O5/c1-16-11-13-26-20(28-16)30-18-9-10-19(25-32-23(5,6)24(7,8)33-25)17(15-18)12-14-27-21(29)31-22(2,3)4/h9-11,13,15H,12,14H2,1-8H3,(H,27,29). The van der Waals surface area contributed by atoms with Gasteiger partial charge in [0.1, 0.15) is 11.4 Å². The second kappa shape index (κ2) is 9.31. The molecule has 0 aliphatic carbocycles. The zero-order valence-electron chi connectivity index (χ0n) is 20.8. The van der Waals surface area contributed by atoms with Crippen molar-refractivity contribution in [3.8, 4) is 11.8 Å². The van der Waals surface area contributed by atoms with Crippen molar-refractivity contribution in [2.45, 2.75) is 78.6 Å². The number of aryl methyl sites for hydroxylation is 1. The van der Waals surface area contributed by atoms with Gasteiger partial charge in [0, 0.05) is 18.4 Å². The Kier molecular flexibility index (Phi) is 7.05. The quantitative estimate of drug-likeness (QED) is 0.660. The van der Waals surface area contributed by atoms with Crippen molar-refractivity contribution >= 4 is 18.7 Å². The molecular weight excluding hydrogens is 421 g/mol. The number of hydrogen-bond donors (Lipinski definition) is 1. The lowest BCUT2D eigenvalue weighted by atomic mass is 9.75. The minimum Gasteiger partial charge on any atom is -0.444 e. The number of carbonyl (C=O) groups excluding carboxylic acids is 1. The number of aromatic nitrogens is 2. The molecule has 1 N–H and O–H groups in total. The monoisotopic (exact) mass is 455 g/mol. The minimum absolute atomic E-state index is 0.274. The Morgan fingerprint density at radius 2 is 1.79 bits per heavy atom. The Morgan fingerprint density at radius 1 is 1.12 bits per heavy atom. The molecule has 2 heterocycles. The molecule has 1 aromatic heterocycles. The van der Waals surface area contributed by atoms with Gasteiger partial charge < -0.3 is 24.1 Å². The third-order valence-corrected chi connectivity index (χ3v) is 5.67. The van der Waals surface area contributed by atoms with Crippen LogP contribution in [0.1, 0.15) is 59.7 Å². The van der Waals surface area contributed by atoms with Crippen LogP contribution in [0.25, 0.3) is 0 Å². The summed E-state index contributed by atoms with van der Waals surface area (Å²) >= 11 is 0. The molecule has 3 rings (SSSR count). The van der Waals surface area contributed by atoms with Gasteiger partial charge in [-0.25, -0.2) is 14.8 Å². The van der Waals surface area contributed by atoms with Crippen molar-refractivity contribution in [3.05, 3.63) is 41.7 Å². The van der Waals surface area contributed by atoms with Gasteiger partial charge in [-0.2, -0.15) is 0 Å². The number of benzene rings is 1. The Labute approximate surface area is 196 Å². The highest BCUT2D eigenvalue weighted by atomic mass is 16.7. The first-order valence-corrected chi connectivity index (χ1v) is 11.2. The van der Waals surface area contributed by atoms with Crippen molar-refractivity contribution in [3.63, 3.8) is 0 Å². The molecule has 1 aliphatic rings. The van der Waals surface area contributed by atoms with Gasteiger partial charge in [-0.05, 0) is 91.0 Å². The van der Waals surface area contributed by atoms with Crippen LogP contribution >= 0.6 is 0 Å². The van der Waals surface area contributed by atoms with E-state index in [4.69, 9.17) is 18.8 Å². The summed E-state index contributed by atoms with van der Waals surface area (Å²) in [6.45, 7) is 15.8. The van der Waals surface area contributed by atoms with E-state index in [1.54, 1.807) is 6.20 Å². The molecule has 33 heavy (non-hydrogen) atoms. The lowest BCUT2D eigenvalue weighted by molar-refractivity contribution is 0.00578. The fraction of sp³-hybridized carbons (Fsp3) is 0.542. The van der Waals surface area contributed by atoms with Crippen LogP contribution in [-0.4, -0.2) is 46.5 Å². The summed E-state index contributed by atoms with van der Waals surface area (Å²) in [5.74, 6) is 0.591. The van der Waals surface area contributed by atoms with Crippen molar-refractivity contribution in [1.29, 1.82) is 0 Å². The first-order chi connectivity index (χ1) is 15.3. The fourth-order valence-electron chi connectivity index (χ4n) is 3.26. The topological polar surface area (TPSA) is 91.8 Å². The predicted octanol–water partition coefficient (Wildman–Crippen LogP) is 3.94. The third kappa shape index (κ3) is 6.45. The van der Waals surface area contributed by atoms with Crippen molar-refractivity contribution in [2.75, 3.05) is 6.54 Å². The maximum absolute atomic E-state index is 12.1.